The van der Waals surface area contributed by atoms with Crippen molar-refractivity contribution in [2.45, 2.75) is 50.6 Å². The SMILES string of the molecule is CCCCNC(=O)C(CC)N(Cc1ccccc1)C(=O)CN(c1ccc(Cl)cc1)S(=O)(=O)c1ccc(OC)c(OC)c1. The first-order valence-corrected chi connectivity index (χ1v) is 15.6. The number of ether oxygens (including phenoxy) is 2. The Bertz CT molecular complexity index is 1430. The second kappa shape index (κ2) is 15.5. The van der Waals surface area contributed by atoms with Gasteiger partial charge in [0, 0.05) is 24.2 Å². The summed E-state index contributed by atoms with van der Waals surface area (Å²) in [6.07, 6.45) is 2.07. The van der Waals surface area contributed by atoms with Gasteiger partial charge in [-0.15, -0.1) is 0 Å². The Morgan fingerprint density at radius 1 is 0.929 bits per heavy atom. The third kappa shape index (κ3) is 8.17. The summed E-state index contributed by atoms with van der Waals surface area (Å²) < 4.78 is 39.8. The number of sulfonamides is 1. The predicted molar refractivity (Wildman–Crippen MR) is 165 cm³/mol. The van der Waals surface area contributed by atoms with Crippen molar-refractivity contribution in [1.82, 2.24) is 10.2 Å². The Morgan fingerprint density at radius 3 is 2.19 bits per heavy atom. The minimum absolute atomic E-state index is 0.0955. The Hall–Kier alpha value is -3.76. The minimum atomic E-state index is -4.29. The van der Waals surface area contributed by atoms with Gasteiger partial charge in [-0.1, -0.05) is 62.2 Å². The molecule has 0 saturated heterocycles. The fraction of sp³-hybridized carbons (Fsp3) is 0.355. The van der Waals surface area contributed by atoms with Crippen LogP contribution in [0.4, 0.5) is 5.69 Å². The number of benzene rings is 3. The lowest BCUT2D eigenvalue weighted by atomic mass is 10.1. The first kappa shape index (κ1) is 32.8. The van der Waals surface area contributed by atoms with Crippen molar-refractivity contribution in [2.24, 2.45) is 0 Å². The second-order valence-corrected chi connectivity index (χ2v) is 11.9. The van der Waals surface area contributed by atoms with Gasteiger partial charge in [-0.2, -0.15) is 0 Å². The van der Waals surface area contributed by atoms with Gasteiger partial charge in [0.1, 0.15) is 12.6 Å². The van der Waals surface area contributed by atoms with Crippen LogP contribution in [0.1, 0.15) is 38.7 Å². The molecular weight excluding hydrogens is 578 g/mol. The fourth-order valence-corrected chi connectivity index (χ4v) is 6.00. The number of unbranched alkanes of at least 4 members (excludes halogenated alkanes) is 1. The summed E-state index contributed by atoms with van der Waals surface area (Å²) in [4.78, 5) is 28.7. The molecular formula is C31H38ClN3O6S. The summed E-state index contributed by atoms with van der Waals surface area (Å²) in [6.45, 7) is 3.92. The zero-order chi connectivity index (χ0) is 30.7. The van der Waals surface area contributed by atoms with Crippen molar-refractivity contribution in [3.05, 3.63) is 83.4 Å². The molecule has 1 N–H and O–H groups in total. The zero-order valence-corrected chi connectivity index (χ0v) is 26.0. The fourth-order valence-electron chi connectivity index (χ4n) is 4.45. The molecule has 0 aliphatic rings. The summed E-state index contributed by atoms with van der Waals surface area (Å²) in [5, 5.41) is 3.33. The number of anilines is 1. The largest absolute Gasteiger partial charge is 0.493 e. The Balaban J connectivity index is 2.05. The summed E-state index contributed by atoms with van der Waals surface area (Å²) in [6, 6.07) is 18.9. The quantitative estimate of drug-likeness (QED) is 0.233. The van der Waals surface area contributed by atoms with Gasteiger partial charge in [-0.05, 0) is 54.8 Å². The first-order chi connectivity index (χ1) is 20.2. The molecule has 226 valence electrons. The lowest BCUT2D eigenvalue weighted by Gasteiger charge is -2.33. The van der Waals surface area contributed by atoms with E-state index in [2.05, 4.69) is 5.32 Å². The van der Waals surface area contributed by atoms with E-state index in [9.17, 15) is 18.0 Å². The van der Waals surface area contributed by atoms with E-state index in [-0.39, 0.29) is 28.8 Å². The Labute approximate surface area is 253 Å². The van der Waals surface area contributed by atoms with Crippen LogP contribution in [0.25, 0.3) is 0 Å². The number of halogens is 1. The highest BCUT2D eigenvalue weighted by Crippen LogP contribution is 2.32. The predicted octanol–water partition coefficient (Wildman–Crippen LogP) is 5.28. The molecule has 0 spiro atoms. The van der Waals surface area contributed by atoms with Crippen LogP contribution in [0.5, 0.6) is 11.5 Å². The van der Waals surface area contributed by atoms with Crippen molar-refractivity contribution in [3.63, 3.8) is 0 Å². The van der Waals surface area contributed by atoms with Crippen LogP contribution in [-0.2, 0) is 26.2 Å². The van der Waals surface area contributed by atoms with Crippen molar-refractivity contribution in [1.29, 1.82) is 0 Å². The maximum atomic E-state index is 14.1. The maximum Gasteiger partial charge on any atom is 0.264 e. The molecule has 0 heterocycles. The summed E-state index contributed by atoms with van der Waals surface area (Å²) >= 11 is 6.10. The lowest BCUT2D eigenvalue weighted by Crippen LogP contribution is -2.52. The molecule has 2 amide bonds. The molecule has 1 atom stereocenters. The van der Waals surface area contributed by atoms with Crippen LogP contribution in [0, 0.1) is 0 Å². The van der Waals surface area contributed by atoms with E-state index in [1.807, 2.05) is 44.2 Å². The third-order valence-electron chi connectivity index (χ3n) is 6.75. The van der Waals surface area contributed by atoms with Gasteiger partial charge >= 0.3 is 0 Å². The van der Waals surface area contributed by atoms with Crippen molar-refractivity contribution in [2.75, 3.05) is 31.6 Å². The zero-order valence-electron chi connectivity index (χ0n) is 24.4. The number of rotatable bonds is 15. The highest BCUT2D eigenvalue weighted by atomic mass is 35.5. The Morgan fingerprint density at radius 2 is 1.60 bits per heavy atom. The highest BCUT2D eigenvalue weighted by Gasteiger charge is 2.34. The molecule has 0 fully saturated rings. The van der Waals surface area contributed by atoms with E-state index in [4.69, 9.17) is 21.1 Å². The number of amides is 2. The van der Waals surface area contributed by atoms with Gasteiger partial charge in [-0.25, -0.2) is 8.42 Å². The maximum absolute atomic E-state index is 14.1. The number of hydrogen-bond donors (Lipinski definition) is 1. The van der Waals surface area contributed by atoms with Crippen molar-refractivity contribution < 1.29 is 27.5 Å². The number of nitrogens with one attached hydrogen (secondary N) is 1. The normalized spacial score (nSPS) is 11.8. The van der Waals surface area contributed by atoms with E-state index in [1.54, 1.807) is 12.1 Å². The second-order valence-electron chi connectivity index (χ2n) is 9.58. The lowest BCUT2D eigenvalue weighted by molar-refractivity contribution is -0.140. The average Bonchev–Trinajstić information content (AvgIpc) is 3.00. The monoisotopic (exact) mass is 615 g/mol. The van der Waals surface area contributed by atoms with Crippen molar-refractivity contribution in [3.8, 4) is 11.5 Å². The van der Waals surface area contributed by atoms with Gasteiger partial charge < -0.3 is 19.7 Å². The highest BCUT2D eigenvalue weighted by molar-refractivity contribution is 7.92. The molecule has 3 aromatic rings. The molecule has 42 heavy (non-hydrogen) atoms. The van der Waals surface area contributed by atoms with Gasteiger partial charge in [0.25, 0.3) is 10.0 Å². The van der Waals surface area contributed by atoms with E-state index in [1.165, 1.54) is 49.5 Å². The van der Waals surface area contributed by atoms with E-state index >= 15 is 0 Å². The van der Waals surface area contributed by atoms with Crippen molar-refractivity contribution >= 4 is 39.1 Å². The molecule has 0 aromatic heterocycles. The number of carbonyl (C=O) groups excluding carboxylic acids is 2. The molecule has 0 aliphatic heterocycles. The van der Waals surface area contributed by atoms with Gasteiger partial charge in [0.2, 0.25) is 11.8 Å². The standard InChI is InChI=1S/C31H38ClN3O6S/c1-5-7-19-33-31(37)27(6-2)34(21-23-11-9-8-10-12-23)30(36)22-35(25-15-13-24(32)14-16-25)42(38,39)26-17-18-28(40-3)29(20-26)41-4/h8-18,20,27H,5-7,19,21-22H2,1-4H3,(H,33,37). The Kier molecular flexibility index (Phi) is 12.1. The van der Waals surface area contributed by atoms with E-state index in [0.717, 1.165) is 22.7 Å². The smallest absolute Gasteiger partial charge is 0.264 e. The molecule has 0 aliphatic carbocycles. The van der Waals surface area contributed by atoms with E-state index in [0.29, 0.717) is 23.7 Å². The molecule has 0 bridgehead atoms. The number of carbonyl (C=O) groups is 2. The van der Waals surface area contributed by atoms with Gasteiger partial charge in [0.05, 0.1) is 24.8 Å². The molecule has 3 rings (SSSR count). The molecule has 1 unspecified atom stereocenters. The van der Waals surface area contributed by atoms with Gasteiger partial charge in [0.15, 0.2) is 11.5 Å². The van der Waals surface area contributed by atoms with Crippen LogP contribution < -0.4 is 19.1 Å². The number of methoxy groups -OCH3 is 2. The number of nitrogens with zero attached hydrogens (tertiary/aromatic N) is 2. The molecule has 3 aromatic carbocycles. The van der Waals surface area contributed by atoms with Crippen LogP contribution in [-0.4, -0.2) is 58.5 Å². The molecule has 0 radical (unpaired) electrons. The number of hydrogen-bond acceptors (Lipinski definition) is 6. The van der Waals surface area contributed by atoms with Crippen LogP contribution in [0.2, 0.25) is 5.02 Å². The summed E-state index contributed by atoms with van der Waals surface area (Å²) in [7, 11) is -1.43. The average molecular weight is 616 g/mol. The van der Waals surface area contributed by atoms with E-state index < -0.39 is 28.5 Å². The first-order valence-electron chi connectivity index (χ1n) is 13.8. The third-order valence-corrected chi connectivity index (χ3v) is 8.77. The minimum Gasteiger partial charge on any atom is -0.493 e. The van der Waals surface area contributed by atoms with Gasteiger partial charge in [-0.3, -0.25) is 13.9 Å². The molecule has 11 heteroatoms. The van der Waals surface area contributed by atoms with Crippen LogP contribution in [0.3, 0.4) is 0 Å². The molecule has 9 nitrogen and oxygen atoms in total. The molecule has 0 saturated carbocycles. The van der Waals surface area contributed by atoms with Crippen LogP contribution >= 0.6 is 11.6 Å². The van der Waals surface area contributed by atoms with Crippen LogP contribution in [0.15, 0.2) is 77.7 Å². The topological polar surface area (TPSA) is 105 Å². The summed E-state index contributed by atoms with van der Waals surface area (Å²) in [5.74, 6) is -0.229. The summed E-state index contributed by atoms with van der Waals surface area (Å²) in [5.41, 5.74) is 1.05.